The highest BCUT2D eigenvalue weighted by Gasteiger charge is 2.42. The van der Waals surface area contributed by atoms with Gasteiger partial charge in [0.05, 0.1) is 18.3 Å². The van der Waals surface area contributed by atoms with E-state index in [0.29, 0.717) is 17.5 Å². The number of carbonyl (C=O) groups excluding carboxylic acids is 1. The summed E-state index contributed by atoms with van der Waals surface area (Å²) in [4.78, 5) is 18.5. The second-order valence-corrected chi connectivity index (χ2v) is 7.01. The lowest BCUT2D eigenvalue weighted by molar-refractivity contribution is -0.143. The smallest absolute Gasteiger partial charge is 0.325 e. The quantitative estimate of drug-likeness (QED) is 0.491. The van der Waals surface area contributed by atoms with Crippen LogP contribution in [-0.2, 0) is 9.53 Å². The van der Waals surface area contributed by atoms with Gasteiger partial charge in [-0.25, -0.2) is 0 Å². The molecule has 0 radical (unpaired) electrons. The molecule has 1 fully saturated rings. The molecule has 2 atom stereocenters. The Morgan fingerprint density at radius 2 is 1.97 bits per heavy atom. The second kappa shape index (κ2) is 8.45. The van der Waals surface area contributed by atoms with E-state index in [4.69, 9.17) is 21.4 Å². The number of thiocarbonyl (C=S) groups is 1. The van der Waals surface area contributed by atoms with Gasteiger partial charge in [-0.15, -0.1) is 0 Å². The number of furan rings is 1. The Balaban J connectivity index is 1.70. The zero-order valence-corrected chi connectivity index (χ0v) is 16.8. The number of hydrogen-bond acceptors (Lipinski definition) is 5. The fraction of sp³-hybridized carbons (Fsp3) is 0.227. The van der Waals surface area contributed by atoms with Crippen molar-refractivity contribution in [1.29, 1.82) is 0 Å². The second-order valence-electron chi connectivity index (χ2n) is 6.63. The number of benzene rings is 1. The SMILES string of the molecule is CCOC(=O)CN1C(=S)NC(c2ccccn2)C1c1ccc(-c2ccccc2)o1. The molecule has 3 heterocycles. The third-order valence-corrected chi connectivity index (χ3v) is 5.13. The minimum absolute atomic E-state index is 0.0367. The first-order valence-corrected chi connectivity index (χ1v) is 9.87. The summed E-state index contributed by atoms with van der Waals surface area (Å²) in [6.45, 7) is 2.14. The summed E-state index contributed by atoms with van der Waals surface area (Å²) in [5, 5.41) is 3.76. The van der Waals surface area contributed by atoms with Crippen molar-refractivity contribution >= 4 is 23.3 Å². The first kappa shape index (κ1) is 19.1. The average molecular weight is 407 g/mol. The van der Waals surface area contributed by atoms with Crippen LogP contribution in [0.2, 0.25) is 0 Å². The maximum atomic E-state index is 12.2. The van der Waals surface area contributed by atoms with Crippen LogP contribution in [-0.4, -0.2) is 34.1 Å². The number of esters is 1. The average Bonchev–Trinajstić information content (AvgIpc) is 3.35. The van der Waals surface area contributed by atoms with E-state index in [0.717, 1.165) is 17.0 Å². The topological polar surface area (TPSA) is 67.6 Å². The van der Waals surface area contributed by atoms with Gasteiger partial charge in [-0.1, -0.05) is 36.4 Å². The monoisotopic (exact) mass is 407 g/mol. The number of hydrogen-bond donors (Lipinski definition) is 1. The number of nitrogens with zero attached hydrogens (tertiary/aromatic N) is 2. The predicted octanol–water partition coefficient (Wildman–Crippen LogP) is 3.88. The molecule has 4 rings (SSSR count). The van der Waals surface area contributed by atoms with E-state index in [9.17, 15) is 4.79 Å². The van der Waals surface area contributed by atoms with Crippen molar-refractivity contribution < 1.29 is 13.9 Å². The van der Waals surface area contributed by atoms with E-state index >= 15 is 0 Å². The first-order valence-electron chi connectivity index (χ1n) is 9.46. The lowest BCUT2D eigenvalue weighted by Crippen LogP contribution is -2.35. The van der Waals surface area contributed by atoms with Crippen molar-refractivity contribution in [3.63, 3.8) is 0 Å². The maximum Gasteiger partial charge on any atom is 0.325 e. The lowest BCUT2D eigenvalue weighted by atomic mass is 10.0. The molecule has 0 aliphatic carbocycles. The van der Waals surface area contributed by atoms with Gasteiger partial charge in [-0.3, -0.25) is 9.78 Å². The van der Waals surface area contributed by atoms with Crippen LogP contribution in [0.5, 0.6) is 0 Å². The Morgan fingerprint density at radius 3 is 2.69 bits per heavy atom. The van der Waals surface area contributed by atoms with Gasteiger partial charge in [0.25, 0.3) is 0 Å². The van der Waals surface area contributed by atoms with Gasteiger partial charge in [0.2, 0.25) is 0 Å². The predicted molar refractivity (Wildman–Crippen MR) is 113 cm³/mol. The van der Waals surface area contributed by atoms with Gasteiger partial charge in [0.1, 0.15) is 24.1 Å². The molecule has 2 unspecified atom stereocenters. The summed E-state index contributed by atoms with van der Waals surface area (Å²) in [7, 11) is 0. The molecular formula is C22H21N3O3S. The summed E-state index contributed by atoms with van der Waals surface area (Å²) in [5.74, 6) is 1.13. The van der Waals surface area contributed by atoms with Crippen LogP contribution in [0.1, 0.15) is 30.5 Å². The molecule has 1 saturated heterocycles. The van der Waals surface area contributed by atoms with E-state index < -0.39 is 0 Å². The minimum Gasteiger partial charge on any atom is -0.465 e. The van der Waals surface area contributed by atoms with Gasteiger partial charge in [-0.2, -0.15) is 0 Å². The summed E-state index contributed by atoms with van der Waals surface area (Å²) < 4.78 is 11.3. The molecule has 7 heteroatoms. The number of rotatable bonds is 6. The molecule has 148 valence electrons. The fourth-order valence-electron chi connectivity index (χ4n) is 3.50. The first-order chi connectivity index (χ1) is 14.2. The Bertz CT molecular complexity index is 991. The standard InChI is InChI=1S/C22H21N3O3S/c1-2-27-19(26)14-25-21(20(24-22(25)29)16-10-6-7-13-23-16)18-12-11-17(28-18)15-8-4-3-5-9-15/h3-13,20-21H,2,14H2,1H3,(H,24,29). The third-order valence-electron chi connectivity index (χ3n) is 4.78. The van der Waals surface area contributed by atoms with Crippen LogP contribution in [0.3, 0.4) is 0 Å². The van der Waals surface area contributed by atoms with Crippen LogP contribution < -0.4 is 5.32 Å². The highest BCUT2D eigenvalue weighted by atomic mass is 32.1. The molecule has 0 spiro atoms. The molecule has 1 aromatic carbocycles. The molecule has 29 heavy (non-hydrogen) atoms. The fourth-order valence-corrected chi connectivity index (χ4v) is 3.80. The van der Waals surface area contributed by atoms with Gasteiger partial charge >= 0.3 is 5.97 Å². The Hall–Kier alpha value is -3.19. The summed E-state index contributed by atoms with van der Waals surface area (Å²) >= 11 is 5.54. The molecule has 1 aliphatic heterocycles. The van der Waals surface area contributed by atoms with Crippen LogP contribution in [0.15, 0.2) is 71.3 Å². The van der Waals surface area contributed by atoms with Crippen molar-refractivity contribution in [3.8, 4) is 11.3 Å². The van der Waals surface area contributed by atoms with Gasteiger partial charge in [0, 0.05) is 11.8 Å². The van der Waals surface area contributed by atoms with Gasteiger partial charge in [0.15, 0.2) is 5.11 Å². The van der Waals surface area contributed by atoms with Crippen LogP contribution in [0.4, 0.5) is 0 Å². The number of pyridine rings is 1. The van der Waals surface area contributed by atoms with E-state index in [1.54, 1.807) is 18.0 Å². The molecule has 0 bridgehead atoms. The van der Waals surface area contributed by atoms with Crippen molar-refractivity contribution in [2.75, 3.05) is 13.2 Å². The van der Waals surface area contributed by atoms with Crippen LogP contribution in [0, 0.1) is 0 Å². The number of aromatic nitrogens is 1. The minimum atomic E-state index is -0.335. The van der Waals surface area contributed by atoms with E-state index in [2.05, 4.69) is 10.3 Å². The number of ether oxygens (including phenoxy) is 1. The highest BCUT2D eigenvalue weighted by molar-refractivity contribution is 7.80. The summed E-state index contributed by atoms with van der Waals surface area (Å²) in [6, 6.07) is 18.9. The van der Waals surface area contributed by atoms with Gasteiger partial charge < -0.3 is 19.4 Å². The van der Waals surface area contributed by atoms with Gasteiger partial charge in [-0.05, 0) is 43.4 Å². The molecule has 2 aromatic heterocycles. The Morgan fingerprint density at radius 1 is 1.17 bits per heavy atom. The van der Waals surface area contributed by atoms with Crippen LogP contribution in [0.25, 0.3) is 11.3 Å². The molecule has 1 N–H and O–H groups in total. The van der Waals surface area contributed by atoms with Crippen molar-refractivity contribution in [2.45, 2.75) is 19.0 Å². The molecule has 3 aromatic rings. The summed E-state index contributed by atoms with van der Waals surface area (Å²) in [5.41, 5.74) is 1.81. The lowest BCUT2D eigenvalue weighted by Gasteiger charge is -2.25. The normalized spacial score (nSPS) is 18.5. The molecule has 0 saturated carbocycles. The zero-order chi connectivity index (χ0) is 20.2. The largest absolute Gasteiger partial charge is 0.465 e. The van der Waals surface area contributed by atoms with Crippen molar-refractivity contribution in [1.82, 2.24) is 15.2 Å². The summed E-state index contributed by atoms with van der Waals surface area (Å²) in [6.07, 6.45) is 1.74. The zero-order valence-electron chi connectivity index (χ0n) is 15.9. The van der Waals surface area contributed by atoms with Crippen molar-refractivity contribution in [2.24, 2.45) is 0 Å². The third kappa shape index (κ3) is 4.00. The molecule has 1 aliphatic rings. The van der Waals surface area contributed by atoms with Crippen LogP contribution >= 0.6 is 12.2 Å². The molecule has 6 nitrogen and oxygen atoms in total. The Kier molecular flexibility index (Phi) is 5.57. The van der Waals surface area contributed by atoms with Crippen molar-refractivity contribution in [3.05, 3.63) is 78.3 Å². The highest BCUT2D eigenvalue weighted by Crippen LogP contribution is 2.40. The van der Waals surface area contributed by atoms with E-state index in [1.807, 2.05) is 60.7 Å². The maximum absolute atomic E-state index is 12.2. The Labute approximate surface area is 174 Å². The number of nitrogens with one attached hydrogen (secondary N) is 1. The van der Waals surface area contributed by atoms with E-state index in [-0.39, 0.29) is 24.6 Å². The molecular weight excluding hydrogens is 386 g/mol. The number of carbonyl (C=O) groups is 1. The molecule has 0 amide bonds. The van der Waals surface area contributed by atoms with E-state index in [1.165, 1.54) is 0 Å².